The highest BCUT2D eigenvalue weighted by Crippen LogP contribution is 2.00. The maximum atomic E-state index is 11.1. The highest BCUT2D eigenvalue weighted by Gasteiger charge is 2.23. The molecule has 2 N–H and O–H groups in total. The first-order valence-corrected chi connectivity index (χ1v) is 3.87. The molecule has 1 aliphatic rings. The number of nitrogens with zero attached hydrogens (tertiary/aromatic N) is 2. The molecule has 0 aromatic rings. The van der Waals surface area contributed by atoms with Gasteiger partial charge in [0.05, 0.1) is 13.1 Å². The van der Waals surface area contributed by atoms with Crippen LogP contribution in [-0.4, -0.2) is 54.8 Å². The first kappa shape index (κ1) is 8.99. The molecule has 5 nitrogen and oxygen atoms in total. The third-order valence-electron chi connectivity index (χ3n) is 1.98. The summed E-state index contributed by atoms with van der Waals surface area (Å²) < 4.78 is 0. The largest absolute Gasteiger partial charge is 0.342 e. The quantitative estimate of drug-likeness (QED) is 0.508. The molecule has 1 rings (SSSR count). The van der Waals surface area contributed by atoms with Gasteiger partial charge in [-0.2, -0.15) is 0 Å². The van der Waals surface area contributed by atoms with E-state index in [1.165, 1.54) is 4.90 Å². The molecule has 68 valence electrons. The van der Waals surface area contributed by atoms with Crippen LogP contribution in [0, 0.1) is 0 Å². The van der Waals surface area contributed by atoms with Gasteiger partial charge in [0, 0.05) is 20.1 Å². The number of nitrogens with two attached hydrogens (primary N) is 1. The molecule has 0 radical (unpaired) electrons. The lowest BCUT2D eigenvalue weighted by molar-refractivity contribution is -0.143. The van der Waals surface area contributed by atoms with E-state index in [0.29, 0.717) is 13.1 Å². The minimum atomic E-state index is -0.156. The molecule has 0 aliphatic carbocycles. The molecule has 0 saturated carbocycles. The molecule has 0 atom stereocenters. The van der Waals surface area contributed by atoms with Gasteiger partial charge < -0.3 is 15.5 Å². The van der Waals surface area contributed by atoms with Gasteiger partial charge >= 0.3 is 0 Å². The Bertz CT molecular complexity index is 203. The third kappa shape index (κ3) is 1.73. The van der Waals surface area contributed by atoms with Gasteiger partial charge in [0.1, 0.15) is 0 Å². The van der Waals surface area contributed by atoms with Crippen LogP contribution in [0.2, 0.25) is 0 Å². The molecule has 0 aromatic carbocycles. The minimum Gasteiger partial charge on any atom is -0.342 e. The van der Waals surface area contributed by atoms with Crippen molar-refractivity contribution in [2.75, 3.05) is 33.2 Å². The van der Waals surface area contributed by atoms with Gasteiger partial charge in [0.2, 0.25) is 11.8 Å². The highest BCUT2D eigenvalue weighted by atomic mass is 16.2. The van der Waals surface area contributed by atoms with E-state index in [0.717, 1.165) is 0 Å². The number of piperazine rings is 1. The molecule has 12 heavy (non-hydrogen) atoms. The summed E-state index contributed by atoms with van der Waals surface area (Å²) in [4.78, 5) is 25.3. The fourth-order valence-electron chi connectivity index (χ4n) is 1.10. The molecule has 2 amide bonds. The molecule has 1 aliphatic heterocycles. The van der Waals surface area contributed by atoms with Crippen molar-refractivity contribution in [3.05, 3.63) is 0 Å². The van der Waals surface area contributed by atoms with Crippen molar-refractivity contribution in [1.82, 2.24) is 9.80 Å². The Hall–Kier alpha value is -1.10. The molecule has 1 heterocycles. The van der Waals surface area contributed by atoms with E-state index in [1.54, 1.807) is 11.9 Å². The van der Waals surface area contributed by atoms with E-state index < -0.39 is 0 Å². The maximum absolute atomic E-state index is 11.1. The fourth-order valence-corrected chi connectivity index (χ4v) is 1.10. The lowest BCUT2D eigenvalue weighted by Crippen LogP contribution is -2.52. The van der Waals surface area contributed by atoms with Crippen LogP contribution in [0.25, 0.3) is 0 Å². The SMILES string of the molecule is CN1CCN(C(=O)CN)CC1=O. The molecule has 0 unspecified atom stereocenters. The summed E-state index contributed by atoms with van der Waals surface area (Å²) in [5.74, 6) is -0.181. The number of hydrogen-bond acceptors (Lipinski definition) is 3. The normalized spacial score (nSPS) is 18.3. The summed E-state index contributed by atoms with van der Waals surface area (Å²) in [6.45, 7) is 1.35. The topological polar surface area (TPSA) is 66.6 Å². The van der Waals surface area contributed by atoms with Crippen LogP contribution in [0.5, 0.6) is 0 Å². The lowest BCUT2D eigenvalue weighted by atomic mass is 10.3. The average molecular weight is 171 g/mol. The lowest BCUT2D eigenvalue weighted by Gasteiger charge is -2.31. The van der Waals surface area contributed by atoms with Crippen molar-refractivity contribution >= 4 is 11.8 Å². The first-order valence-electron chi connectivity index (χ1n) is 3.87. The van der Waals surface area contributed by atoms with E-state index in [4.69, 9.17) is 5.73 Å². The Labute approximate surface area is 71.1 Å². The molecule has 0 spiro atoms. The zero-order valence-corrected chi connectivity index (χ0v) is 7.12. The van der Waals surface area contributed by atoms with Crippen molar-refractivity contribution in [3.8, 4) is 0 Å². The molecular weight excluding hydrogens is 158 g/mol. The zero-order chi connectivity index (χ0) is 9.14. The number of carbonyl (C=O) groups is 2. The summed E-state index contributed by atoms with van der Waals surface area (Å²) >= 11 is 0. The standard InChI is InChI=1S/C7H13N3O2/c1-9-2-3-10(5-7(9)12)6(11)4-8/h2-5,8H2,1H3. The summed E-state index contributed by atoms with van der Waals surface area (Å²) in [6.07, 6.45) is 0. The Balaban J connectivity index is 2.51. The van der Waals surface area contributed by atoms with Crippen LogP contribution < -0.4 is 5.73 Å². The number of rotatable bonds is 1. The molecule has 0 aromatic heterocycles. The van der Waals surface area contributed by atoms with Crippen LogP contribution >= 0.6 is 0 Å². The maximum Gasteiger partial charge on any atom is 0.241 e. The predicted octanol–water partition coefficient (Wildman–Crippen LogP) is -1.75. The Kier molecular flexibility index (Phi) is 2.65. The van der Waals surface area contributed by atoms with Gasteiger partial charge in [-0.1, -0.05) is 0 Å². The second-order valence-corrected chi connectivity index (χ2v) is 2.83. The van der Waals surface area contributed by atoms with Crippen molar-refractivity contribution in [1.29, 1.82) is 0 Å². The number of carbonyl (C=O) groups excluding carboxylic acids is 2. The first-order chi connectivity index (χ1) is 5.65. The fraction of sp³-hybridized carbons (Fsp3) is 0.714. The van der Waals surface area contributed by atoms with Crippen molar-refractivity contribution < 1.29 is 9.59 Å². The van der Waals surface area contributed by atoms with Gasteiger partial charge in [-0.05, 0) is 0 Å². The van der Waals surface area contributed by atoms with E-state index in [1.807, 2.05) is 0 Å². The average Bonchev–Trinajstić information content (AvgIpc) is 2.08. The van der Waals surface area contributed by atoms with Crippen LogP contribution in [0.3, 0.4) is 0 Å². The molecule has 0 bridgehead atoms. The molecule has 1 fully saturated rings. The smallest absolute Gasteiger partial charge is 0.241 e. The van der Waals surface area contributed by atoms with E-state index in [2.05, 4.69) is 0 Å². The summed E-state index contributed by atoms with van der Waals surface area (Å²) in [6, 6.07) is 0. The predicted molar refractivity (Wildman–Crippen MR) is 43.3 cm³/mol. The Morgan fingerprint density at radius 2 is 2.25 bits per heavy atom. The monoisotopic (exact) mass is 171 g/mol. The van der Waals surface area contributed by atoms with Crippen molar-refractivity contribution in [2.24, 2.45) is 5.73 Å². The van der Waals surface area contributed by atoms with Crippen LogP contribution in [0.15, 0.2) is 0 Å². The van der Waals surface area contributed by atoms with Gasteiger partial charge in [0.15, 0.2) is 0 Å². The number of amides is 2. The summed E-state index contributed by atoms with van der Waals surface area (Å²) in [5.41, 5.74) is 5.17. The molecule has 5 heteroatoms. The van der Waals surface area contributed by atoms with Crippen molar-refractivity contribution in [3.63, 3.8) is 0 Å². The second kappa shape index (κ2) is 3.53. The van der Waals surface area contributed by atoms with Crippen LogP contribution in [0.1, 0.15) is 0 Å². The zero-order valence-electron chi connectivity index (χ0n) is 7.12. The third-order valence-corrected chi connectivity index (χ3v) is 1.98. The van der Waals surface area contributed by atoms with Crippen LogP contribution in [-0.2, 0) is 9.59 Å². The van der Waals surface area contributed by atoms with Crippen LogP contribution in [0.4, 0.5) is 0 Å². The van der Waals surface area contributed by atoms with Crippen molar-refractivity contribution in [2.45, 2.75) is 0 Å². The van der Waals surface area contributed by atoms with E-state index >= 15 is 0 Å². The Morgan fingerprint density at radius 1 is 1.58 bits per heavy atom. The van der Waals surface area contributed by atoms with Gasteiger partial charge in [-0.25, -0.2) is 0 Å². The van der Waals surface area contributed by atoms with E-state index in [-0.39, 0.29) is 24.9 Å². The minimum absolute atomic E-state index is 0.0169. The highest BCUT2D eigenvalue weighted by molar-refractivity contribution is 5.86. The van der Waals surface area contributed by atoms with Gasteiger partial charge in [0.25, 0.3) is 0 Å². The van der Waals surface area contributed by atoms with Gasteiger partial charge in [-0.15, -0.1) is 0 Å². The molecule has 1 saturated heterocycles. The second-order valence-electron chi connectivity index (χ2n) is 2.83. The summed E-state index contributed by atoms with van der Waals surface area (Å²) in [5, 5.41) is 0. The number of likely N-dealkylation sites (N-methyl/N-ethyl adjacent to an activating group) is 1. The van der Waals surface area contributed by atoms with Gasteiger partial charge in [-0.3, -0.25) is 9.59 Å². The number of hydrogen-bond donors (Lipinski definition) is 1. The Morgan fingerprint density at radius 3 is 2.75 bits per heavy atom. The van der Waals surface area contributed by atoms with E-state index in [9.17, 15) is 9.59 Å². The molecular formula is C7H13N3O2. The summed E-state index contributed by atoms with van der Waals surface area (Å²) in [7, 11) is 1.73.